The number of nitrogens with one attached hydrogen (secondary N) is 2. The molecule has 1 aromatic rings. The number of carboxylic acids is 1. The third-order valence-corrected chi connectivity index (χ3v) is 5.50. The summed E-state index contributed by atoms with van der Waals surface area (Å²) in [5.74, 6) is -1.38. The number of carbonyl (C=O) groups is 1. The Balaban J connectivity index is 3.00. The highest BCUT2D eigenvalue weighted by Gasteiger charge is 2.19. The number of rotatable bonds is 8. The molecule has 0 radical (unpaired) electrons. The molecule has 0 saturated carbocycles. The van der Waals surface area contributed by atoms with Gasteiger partial charge in [0.25, 0.3) is 0 Å². The topological polar surface area (TPSA) is 90.7 Å². The monoisotopic (exact) mass is 328 g/mol. The number of aryl methyl sites for hydroxylation is 1. The normalized spacial score (nSPS) is 11.9. The molecule has 22 heavy (non-hydrogen) atoms. The van der Waals surface area contributed by atoms with Gasteiger partial charge in [0.2, 0.25) is 10.0 Å². The fraction of sp³-hybridized carbons (Fsp3) is 0.533. The first-order valence-corrected chi connectivity index (χ1v) is 8.87. The van der Waals surface area contributed by atoms with E-state index in [4.69, 9.17) is 0 Å². The molecule has 124 valence electrons. The van der Waals surface area contributed by atoms with Crippen molar-refractivity contribution in [2.24, 2.45) is 0 Å². The molecule has 0 unspecified atom stereocenters. The predicted octanol–water partition coefficient (Wildman–Crippen LogP) is -1.13. The van der Waals surface area contributed by atoms with Crippen LogP contribution in [0, 0.1) is 13.8 Å². The largest absolute Gasteiger partial charge is 0.545 e. The van der Waals surface area contributed by atoms with E-state index in [1.165, 1.54) is 11.0 Å². The second-order valence-corrected chi connectivity index (χ2v) is 7.04. The summed E-state index contributed by atoms with van der Waals surface area (Å²) >= 11 is 0. The Morgan fingerprint density at radius 3 is 2.32 bits per heavy atom. The van der Waals surface area contributed by atoms with Crippen molar-refractivity contribution in [3.8, 4) is 0 Å². The summed E-state index contributed by atoms with van der Waals surface area (Å²) in [7, 11) is -3.74. The van der Waals surface area contributed by atoms with E-state index in [0.717, 1.165) is 19.2 Å². The predicted molar refractivity (Wildman–Crippen MR) is 82.3 cm³/mol. The summed E-state index contributed by atoms with van der Waals surface area (Å²) in [5, 5.41) is 11.0. The van der Waals surface area contributed by atoms with E-state index in [9.17, 15) is 18.3 Å². The molecule has 7 heteroatoms. The van der Waals surface area contributed by atoms with Crippen LogP contribution in [0.4, 0.5) is 0 Å². The number of aromatic carboxylic acids is 1. The number of carbonyl (C=O) groups excluding carboxylic acids is 1. The highest BCUT2D eigenvalue weighted by atomic mass is 32.2. The van der Waals surface area contributed by atoms with E-state index >= 15 is 0 Å². The minimum atomic E-state index is -3.74. The summed E-state index contributed by atoms with van der Waals surface area (Å²) in [5.41, 5.74) is 1.03. The maximum absolute atomic E-state index is 12.4. The molecule has 0 atom stereocenters. The summed E-state index contributed by atoms with van der Waals surface area (Å²) in [6.07, 6.45) is 0. The summed E-state index contributed by atoms with van der Waals surface area (Å²) < 4.78 is 27.4. The number of quaternary nitrogens is 1. The molecule has 0 aromatic heterocycles. The molecule has 0 aliphatic rings. The number of carboxylic acid groups (broad SMARTS) is 1. The van der Waals surface area contributed by atoms with Crippen LogP contribution in [-0.4, -0.2) is 40.6 Å². The van der Waals surface area contributed by atoms with Crippen molar-refractivity contribution in [1.29, 1.82) is 0 Å². The molecule has 0 bridgehead atoms. The van der Waals surface area contributed by atoms with E-state index in [2.05, 4.69) is 4.72 Å². The maximum atomic E-state index is 12.4. The molecule has 1 rings (SSSR count). The van der Waals surface area contributed by atoms with Gasteiger partial charge in [-0.3, -0.25) is 0 Å². The van der Waals surface area contributed by atoms with Crippen LogP contribution in [0.5, 0.6) is 0 Å². The van der Waals surface area contributed by atoms with Gasteiger partial charge < -0.3 is 14.8 Å². The van der Waals surface area contributed by atoms with Crippen molar-refractivity contribution in [2.45, 2.75) is 32.6 Å². The Labute approximate surface area is 132 Å². The van der Waals surface area contributed by atoms with Crippen LogP contribution in [0.2, 0.25) is 0 Å². The zero-order chi connectivity index (χ0) is 16.9. The lowest BCUT2D eigenvalue weighted by atomic mass is 10.1. The fourth-order valence-corrected chi connectivity index (χ4v) is 3.64. The highest BCUT2D eigenvalue weighted by Crippen LogP contribution is 2.20. The van der Waals surface area contributed by atoms with Crippen molar-refractivity contribution in [2.75, 3.05) is 26.2 Å². The zero-order valence-corrected chi connectivity index (χ0v) is 14.3. The van der Waals surface area contributed by atoms with Gasteiger partial charge >= 0.3 is 0 Å². The van der Waals surface area contributed by atoms with E-state index in [1.807, 2.05) is 13.8 Å². The first-order valence-electron chi connectivity index (χ1n) is 7.38. The van der Waals surface area contributed by atoms with Gasteiger partial charge in [-0.1, -0.05) is 0 Å². The zero-order valence-electron chi connectivity index (χ0n) is 13.5. The molecular weight excluding hydrogens is 304 g/mol. The summed E-state index contributed by atoms with van der Waals surface area (Å²) in [6.45, 7) is 10.3. The lowest BCUT2D eigenvalue weighted by Crippen LogP contribution is -3.12. The van der Waals surface area contributed by atoms with Gasteiger partial charge in [0.1, 0.15) is 0 Å². The molecule has 2 N–H and O–H groups in total. The van der Waals surface area contributed by atoms with Crippen LogP contribution in [0.3, 0.4) is 0 Å². The number of likely N-dealkylation sites (N-methyl/N-ethyl adjacent to an activating group) is 1. The number of benzene rings is 1. The van der Waals surface area contributed by atoms with Crippen LogP contribution in [0.1, 0.15) is 35.3 Å². The van der Waals surface area contributed by atoms with E-state index in [-0.39, 0.29) is 10.5 Å². The van der Waals surface area contributed by atoms with Crippen molar-refractivity contribution < 1.29 is 23.2 Å². The molecule has 0 heterocycles. The average Bonchev–Trinajstić information content (AvgIpc) is 2.45. The molecule has 0 amide bonds. The highest BCUT2D eigenvalue weighted by molar-refractivity contribution is 7.89. The minimum absolute atomic E-state index is 0.00115. The van der Waals surface area contributed by atoms with E-state index < -0.39 is 16.0 Å². The Hall–Kier alpha value is -1.44. The SMILES string of the molecule is CC[NH+](CC)CCNS(=O)(=O)c1cc(C(=O)[O-])cc(C)c1C. The Morgan fingerprint density at radius 2 is 1.82 bits per heavy atom. The van der Waals surface area contributed by atoms with Crippen molar-refractivity contribution in [1.82, 2.24) is 4.72 Å². The van der Waals surface area contributed by atoms with Crippen molar-refractivity contribution in [3.63, 3.8) is 0 Å². The molecule has 0 aliphatic carbocycles. The number of hydrogen-bond donors (Lipinski definition) is 2. The summed E-state index contributed by atoms with van der Waals surface area (Å²) in [4.78, 5) is 12.3. The van der Waals surface area contributed by atoms with Crippen molar-refractivity contribution >= 4 is 16.0 Å². The Morgan fingerprint density at radius 1 is 1.23 bits per heavy atom. The van der Waals surface area contributed by atoms with Gasteiger partial charge in [-0.15, -0.1) is 0 Å². The third-order valence-electron chi connectivity index (χ3n) is 3.92. The first-order chi connectivity index (χ1) is 10.2. The minimum Gasteiger partial charge on any atom is -0.545 e. The fourth-order valence-electron chi connectivity index (χ4n) is 2.27. The quantitative estimate of drug-likeness (QED) is 0.632. The van der Waals surface area contributed by atoms with Crippen molar-refractivity contribution in [3.05, 3.63) is 28.8 Å². The van der Waals surface area contributed by atoms with E-state index in [0.29, 0.717) is 24.2 Å². The second kappa shape index (κ2) is 7.71. The Bertz CT molecular complexity index is 637. The second-order valence-electron chi connectivity index (χ2n) is 5.31. The molecule has 0 spiro atoms. The molecule has 0 saturated heterocycles. The van der Waals surface area contributed by atoms with Gasteiger partial charge in [0.05, 0.1) is 37.0 Å². The Kier molecular flexibility index (Phi) is 6.52. The maximum Gasteiger partial charge on any atom is 0.241 e. The molecule has 0 fully saturated rings. The standard InChI is InChI=1S/C15H24N2O4S/c1-5-17(6-2)8-7-16-22(20,21)14-10-13(15(18)19)9-11(3)12(14)4/h9-10,16H,5-8H2,1-4H3,(H,18,19). The van der Waals surface area contributed by atoms with E-state index in [1.54, 1.807) is 13.8 Å². The summed E-state index contributed by atoms with van der Waals surface area (Å²) in [6, 6.07) is 2.58. The lowest BCUT2D eigenvalue weighted by molar-refractivity contribution is -0.895. The number of hydrogen-bond acceptors (Lipinski definition) is 4. The molecule has 6 nitrogen and oxygen atoms in total. The van der Waals surface area contributed by atoms with Crippen LogP contribution >= 0.6 is 0 Å². The van der Waals surface area contributed by atoms with Crippen LogP contribution < -0.4 is 14.7 Å². The molecule has 1 aromatic carbocycles. The smallest absolute Gasteiger partial charge is 0.241 e. The average molecular weight is 328 g/mol. The van der Waals surface area contributed by atoms with Gasteiger partial charge in [-0.05, 0) is 56.5 Å². The number of sulfonamides is 1. The van der Waals surface area contributed by atoms with Crippen LogP contribution in [-0.2, 0) is 10.0 Å². The van der Waals surface area contributed by atoms with Gasteiger partial charge in [-0.25, -0.2) is 13.1 Å². The molecule has 0 aliphatic heterocycles. The molecular formula is C15H24N2O4S. The van der Waals surface area contributed by atoms with Crippen LogP contribution in [0.15, 0.2) is 17.0 Å². The lowest BCUT2D eigenvalue weighted by Gasteiger charge is -2.17. The van der Waals surface area contributed by atoms with Gasteiger partial charge in [-0.2, -0.15) is 0 Å². The third kappa shape index (κ3) is 4.53. The van der Waals surface area contributed by atoms with Gasteiger partial charge in [0, 0.05) is 0 Å². The first kappa shape index (κ1) is 18.6. The van der Waals surface area contributed by atoms with Crippen LogP contribution in [0.25, 0.3) is 0 Å². The van der Waals surface area contributed by atoms with Gasteiger partial charge in [0.15, 0.2) is 0 Å².